The Labute approximate surface area is 129 Å². The number of rotatable bonds is 2. The molecule has 0 saturated heterocycles. The number of hydrogen-bond acceptors (Lipinski definition) is 3. The van der Waals surface area contributed by atoms with Crippen molar-refractivity contribution >= 4 is 33.2 Å². The predicted octanol–water partition coefficient (Wildman–Crippen LogP) is 3.60. The molecule has 2 aromatic rings. The van der Waals surface area contributed by atoms with Crippen LogP contribution in [0.2, 0.25) is 0 Å². The molecule has 21 heavy (non-hydrogen) atoms. The Balaban J connectivity index is 2.33. The Morgan fingerprint density at radius 2 is 2.10 bits per heavy atom. The topological polar surface area (TPSA) is 78.9 Å². The summed E-state index contributed by atoms with van der Waals surface area (Å²) in [5.74, 6) is -1.01. The van der Waals surface area contributed by atoms with Gasteiger partial charge < -0.3 is 11.1 Å². The van der Waals surface area contributed by atoms with Crippen LogP contribution >= 0.6 is 15.9 Å². The van der Waals surface area contributed by atoms with Gasteiger partial charge in [0.25, 0.3) is 5.91 Å². The third kappa shape index (κ3) is 3.20. The monoisotopic (exact) mass is 347 g/mol. The molecule has 0 aliphatic heterocycles. The number of benzene rings is 2. The van der Waals surface area contributed by atoms with Crippen molar-refractivity contribution in [2.24, 2.45) is 0 Å². The van der Waals surface area contributed by atoms with Gasteiger partial charge in [0.2, 0.25) is 0 Å². The van der Waals surface area contributed by atoms with Crippen LogP contribution in [0.1, 0.15) is 21.5 Å². The van der Waals surface area contributed by atoms with Gasteiger partial charge in [0.1, 0.15) is 11.9 Å². The molecule has 0 heterocycles. The van der Waals surface area contributed by atoms with E-state index >= 15 is 0 Å². The third-order valence-electron chi connectivity index (χ3n) is 3.00. The Hall–Kier alpha value is -2.39. The average Bonchev–Trinajstić information content (AvgIpc) is 2.44. The number of nitrogen functional groups attached to an aromatic ring is 1. The minimum Gasteiger partial charge on any atom is -0.398 e. The molecular formula is C15H11BrFN3O. The SMILES string of the molecule is Cc1c(N)cc(Br)cc1C(=O)Nc1ccc(F)c(C#N)c1. The molecule has 106 valence electrons. The van der Waals surface area contributed by atoms with Crippen molar-refractivity contribution in [1.29, 1.82) is 5.26 Å². The molecule has 3 N–H and O–H groups in total. The van der Waals surface area contributed by atoms with E-state index in [0.717, 1.165) is 6.07 Å². The molecule has 0 aliphatic carbocycles. The predicted molar refractivity (Wildman–Crippen MR) is 82.4 cm³/mol. The summed E-state index contributed by atoms with van der Waals surface area (Å²) in [6, 6.07) is 8.89. The molecule has 0 unspecified atom stereocenters. The molecule has 0 aliphatic rings. The Kier molecular flexibility index (Phi) is 4.24. The smallest absolute Gasteiger partial charge is 0.256 e. The van der Waals surface area contributed by atoms with Crippen molar-refractivity contribution in [3.63, 3.8) is 0 Å². The maximum atomic E-state index is 13.2. The van der Waals surface area contributed by atoms with E-state index in [1.165, 1.54) is 12.1 Å². The fourth-order valence-electron chi connectivity index (χ4n) is 1.82. The van der Waals surface area contributed by atoms with Gasteiger partial charge in [0.05, 0.1) is 5.56 Å². The summed E-state index contributed by atoms with van der Waals surface area (Å²) in [5.41, 5.74) is 7.58. The van der Waals surface area contributed by atoms with Gasteiger partial charge in [-0.15, -0.1) is 0 Å². The number of nitrogens with one attached hydrogen (secondary N) is 1. The zero-order valence-electron chi connectivity index (χ0n) is 11.1. The molecule has 6 heteroatoms. The highest BCUT2D eigenvalue weighted by Crippen LogP contribution is 2.24. The molecule has 0 atom stereocenters. The molecule has 2 rings (SSSR count). The van der Waals surface area contributed by atoms with Crippen LogP contribution in [0.4, 0.5) is 15.8 Å². The molecular weight excluding hydrogens is 337 g/mol. The van der Waals surface area contributed by atoms with Crippen LogP contribution in [0.25, 0.3) is 0 Å². The number of carbonyl (C=O) groups is 1. The van der Waals surface area contributed by atoms with Gasteiger partial charge in [-0.3, -0.25) is 4.79 Å². The van der Waals surface area contributed by atoms with Gasteiger partial charge in [0.15, 0.2) is 0 Å². The van der Waals surface area contributed by atoms with Gasteiger partial charge >= 0.3 is 0 Å². The third-order valence-corrected chi connectivity index (χ3v) is 3.46. The highest BCUT2D eigenvalue weighted by atomic mass is 79.9. The fourth-order valence-corrected chi connectivity index (χ4v) is 2.30. The zero-order valence-corrected chi connectivity index (χ0v) is 12.7. The summed E-state index contributed by atoms with van der Waals surface area (Å²) < 4.78 is 13.9. The number of carbonyl (C=O) groups excluding carboxylic acids is 1. The average molecular weight is 348 g/mol. The lowest BCUT2D eigenvalue weighted by molar-refractivity contribution is 0.102. The lowest BCUT2D eigenvalue weighted by Crippen LogP contribution is -2.14. The first-order chi connectivity index (χ1) is 9.92. The first-order valence-corrected chi connectivity index (χ1v) is 6.78. The van der Waals surface area contributed by atoms with Crippen molar-refractivity contribution in [2.75, 3.05) is 11.1 Å². The highest BCUT2D eigenvalue weighted by Gasteiger charge is 2.13. The number of nitrogens with two attached hydrogens (primary N) is 1. The van der Waals surface area contributed by atoms with E-state index in [4.69, 9.17) is 11.0 Å². The maximum absolute atomic E-state index is 13.2. The van der Waals surface area contributed by atoms with Gasteiger partial charge in [-0.05, 0) is 42.8 Å². The number of nitrogens with zero attached hydrogens (tertiary/aromatic N) is 1. The normalized spacial score (nSPS) is 10.0. The first kappa shape index (κ1) is 15.0. The second kappa shape index (κ2) is 5.94. The summed E-state index contributed by atoms with van der Waals surface area (Å²) >= 11 is 3.28. The van der Waals surface area contributed by atoms with Crippen molar-refractivity contribution in [1.82, 2.24) is 0 Å². The maximum Gasteiger partial charge on any atom is 0.256 e. The fraction of sp³-hybridized carbons (Fsp3) is 0.0667. The van der Waals surface area contributed by atoms with Crippen LogP contribution in [0.3, 0.4) is 0 Å². The Morgan fingerprint density at radius 1 is 1.38 bits per heavy atom. The summed E-state index contributed by atoms with van der Waals surface area (Å²) in [5, 5.41) is 11.4. The second-order valence-electron chi connectivity index (χ2n) is 4.43. The van der Waals surface area contributed by atoms with Crippen molar-refractivity contribution in [3.05, 3.63) is 57.3 Å². The van der Waals surface area contributed by atoms with Gasteiger partial charge in [-0.1, -0.05) is 15.9 Å². The van der Waals surface area contributed by atoms with Crippen LogP contribution in [0, 0.1) is 24.1 Å². The van der Waals surface area contributed by atoms with Crippen molar-refractivity contribution < 1.29 is 9.18 Å². The molecule has 0 spiro atoms. The number of nitriles is 1. The summed E-state index contributed by atoms with van der Waals surface area (Å²) in [7, 11) is 0. The summed E-state index contributed by atoms with van der Waals surface area (Å²) in [6.45, 7) is 1.74. The molecule has 0 aromatic heterocycles. The molecule has 0 radical (unpaired) electrons. The minimum absolute atomic E-state index is 0.127. The van der Waals surface area contributed by atoms with E-state index < -0.39 is 5.82 Å². The zero-order chi connectivity index (χ0) is 15.6. The number of amides is 1. The van der Waals surface area contributed by atoms with Crippen LogP contribution in [-0.4, -0.2) is 5.91 Å². The van der Waals surface area contributed by atoms with Gasteiger partial charge in [-0.25, -0.2) is 4.39 Å². The number of anilines is 2. The van der Waals surface area contributed by atoms with E-state index in [1.807, 2.05) is 0 Å². The molecule has 4 nitrogen and oxygen atoms in total. The van der Waals surface area contributed by atoms with Gasteiger partial charge in [0, 0.05) is 21.4 Å². The van der Waals surface area contributed by atoms with E-state index in [1.54, 1.807) is 25.1 Å². The molecule has 1 amide bonds. The lowest BCUT2D eigenvalue weighted by Gasteiger charge is -2.10. The van der Waals surface area contributed by atoms with Crippen LogP contribution < -0.4 is 11.1 Å². The van der Waals surface area contributed by atoms with E-state index in [9.17, 15) is 9.18 Å². The quantitative estimate of drug-likeness (QED) is 0.814. The number of halogens is 2. The van der Waals surface area contributed by atoms with Crippen molar-refractivity contribution in [3.8, 4) is 6.07 Å². The first-order valence-electron chi connectivity index (χ1n) is 5.99. The highest BCUT2D eigenvalue weighted by molar-refractivity contribution is 9.10. The number of hydrogen-bond donors (Lipinski definition) is 2. The standard InChI is InChI=1S/C15H11BrFN3O/c1-8-12(5-10(16)6-14(8)19)15(21)20-11-2-3-13(17)9(4-11)7-18/h2-6H,19H2,1H3,(H,20,21). The molecule has 0 fully saturated rings. The Morgan fingerprint density at radius 3 is 2.76 bits per heavy atom. The van der Waals surface area contributed by atoms with Crippen molar-refractivity contribution in [2.45, 2.75) is 6.92 Å². The molecule has 0 bridgehead atoms. The second-order valence-corrected chi connectivity index (χ2v) is 5.34. The van der Waals surface area contributed by atoms with Gasteiger partial charge in [-0.2, -0.15) is 5.26 Å². The van der Waals surface area contributed by atoms with E-state index in [0.29, 0.717) is 27.0 Å². The van der Waals surface area contributed by atoms with Crippen LogP contribution in [0.15, 0.2) is 34.8 Å². The molecule has 0 saturated carbocycles. The van der Waals surface area contributed by atoms with E-state index in [2.05, 4.69) is 21.2 Å². The molecule has 2 aromatic carbocycles. The lowest BCUT2D eigenvalue weighted by atomic mass is 10.1. The minimum atomic E-state index is -0.627. The summed E-state index contributed by atoms with van der Waals surface area (Å²) in [6.07, 6.45) is 0. The van der Waals surface area contributed by atoms with Crippen LogP contribution in [-0.2, 0) is 0 Å². The van der Waals surface area contributed by atoms with E-state index in [-0.39, 0.29) is 11.5 Å². The largest absolute Gasteiger partial charge is 0.398 e. The van der Waals surface area contributed by atoms with Crippen LogP contribution in [0.5, 0.6) is 0 Å². The Bertz CT molecular complexity index is 768. The summed E-state index contributed by atoms with van der Waals surface area (Å²) in [4.78, 5) is 12.3.